The first-order chi connectivity index (χ1) is 15.2. The van der Waals surface area contributed by atoms with E-state index in [4.69, 9.17) is 4.74 Å². The Kier molecular flexibility index (Phi) is 5.54. The molecule has 1 aromatic rings. The van der Waals surface area contributed by atoms with E-state index in [-0.39, 0.29) is 22.3 Å². The van der Waals surface area contributed by atoms with Gasteiger partial charge in [0.25, 0.3) is 0 Å². The molecule has 4 bridgehead atoms. The number of hydrogen-bond acceptors (Lipinski definition) is 5. The van der Waals surface area contributed by atoms with Crippen LogP contribution in [-0.2, 0) is 14.8 Å². The third-order valence-corrected chi connectivity index (χ3v) is 10.1. The number of ether oxygens (including phenoxy) is 1. The Labute approximate surface area is 190 Å². The van der Waals surface area contributed by atoms with Gasteiger partial charge in [0.2, 0.25) is 15.9 Å². The van der Waals surface area contributed by atoms with E-state index in [2.05, 4.69) is 5.32 Å². The molecule has 0 spiro atoms. The van der Waals surface area contributed by atoms with E-state index in [1.807, 2.05) is 0 Å². The quantitative estimate of drug-likeness (QED) is 0.678. The molecule has 7 nitrogen and oxygen atoms in total. The van der Waals surface area contributed by atoms with E-state index in [1.165, 1.54) is 10.7 Å². The van der Waals surface area contributed by atoms with Crippen LogP contribution in [-0.4, -0.2) is 55.6 Å². The molecule has 5 aliphatic rings. The first-order valence-corrected chi connectivity index (χ1v) is 13.3. The van der Waals surface area contributed by atoms with E-state index < -0.39 is 15.6 Å². The Hall–Kier alpha value is -1.64. The van der Waals surface area contributed by atoms with Crippen molar-refractivity contribution in [1.29, 1.82) is 0 Å². The fourth-order valence-electron chi connectivity index (χ4n) is 7.37. The van der Waals surface area contributed by atoms with Crippen molar-refractivity contribution in [3.8, 4) is 5.75 Å². The number of aliphatic hydroxyl groups is 1. The van der Waals surface area contributed by atoms with Gasteiger partial charge < -0.3 is 15.2 Å². The summed E-state index contributed by atoms with van der Waals surface area (Å²) < 4.78 is 32.5. The summed E-state index contributed by atoms with van der Waals surface area (Å²) in [5.41, 5.74) is -0.590. The zero-order valence-electron chi connectivity index (χ0n) is 18.8. The van der Waals surface area contributed by atoms with Crippen molar-refractivity contribution in [3.63, 3.8) is 0 Å². The van der Waals surface area contributed by atoms with Crippen molar-refractivity contribution in [3.05, 3.63) is 24.3 Å². The smallest absolute Gasteiger partial charge is 0.243 e. The zero-order valence-corrected chi connectivity index (χ0v) is 19.6. The third-order valence-electron chi connectivity index (χ3n) is 8.20. The molecule has 6 rings (SSSR count). The molecule has 1 saturated heterocycles. The SMILES string of the molecule is COc1ccc(S(=O)(=O)N2CCC(NC(=O)CC34CC5CC(CC(O)(C5)C3)C4)CC2)cc1. The van der Waals surface area contributed by atoms with E-state index in [0.717, 1.165) is 32.1 Å². The summed E-state index contributed by atoms with van der Waals surface area (Å²) in [6, 6.07) is 6.45. The summed E-state index contributed by atoms with van der Waals surface area (Å²) in [6.07, 6.45) is 7.66. The average Bonchev–Trinajstić information content (AvgIpc) is 2.72. The fraction of sp³-hybridized carbons (Fsp3) is 0.708. The number of piperidine rings is 1. The van der Waals surface area contributed by atoms with Gasteiger partial charge in [0.15, 0.2) is 0 Å². The fourth-order valence-corrected chi connectivity index (χ4v) is 8.83. The van der Waals surface area contributed by atoms with Gasteiger partial charge in [0.05, 0.1) is 17.6 Å². The molecule has 4 saturated carbocycles. The lowest BCUT2D eigenvalue weighted by Crippen LogP contribution is -2.57. The second kappa shape index (κ2) is 7.99. The van der Waals surface area contributed by atoms with Crippen LogP contribution in [0.2, 0.25) is 0 Å². The van der Waals surface area contributed by atoms with Crippen molar-refractivity contribution >= 4 is 15.9 Å². The van der Waals surface area contributed by atoms with E-state index in [1.54, 1.807) is 31.4 Å². The van der Waals surface area contributed by atoms with Gasteiger partial charge in [-0.15, -0.1) is 0 Å². The summed E-state index contributed by atoms with van der Waals surface area (Å²) >= 11 is 0. The first-order valence-electron chi connectivity index (χ1n) is 11.8. The van der Waals surface area contributed by atoms with Gasteiger partial charge in [-0.05, 0) is 92.9 Å². The maximum atomic E-state index is 12.9. The molecule has 2 atom stereocenters. The van der Waals surface area contributed by atoms with Crippen LogP contribution in [0.15, 0.2) is 29.2 Å². The number of sulfonamides is 1. The Balaban J connectivity index is 1.15. The van der Waals surface area contributed by atoms with E-state index in [0.29, 0.717) is 49.9 Å². The molecule has 32 heavy (non-hydrogen) atoms. The lowest BCUT2D eigenvalue weighted by molar-refractivity contribution is -0.169. The van der Waals surface area contributed by atoms with Gasteiger partial charge >= 0.3 is 0 Å². The predicted molar refractivity (Wildman–Crippen MR) is 120 cm³/mol. The summed E-state index contributed by atoms with van der Waals surface area (Å²) in [4.78, 5) is 13.2. The van der Waals surface area contributed by atoms with Crippen LogP contribution < -0.4 is 10.1 Å². The molecule has 1 heterocycles. The number of rotatable bonds is 6. The second-order valence-corrected chi connectivity index (χ2v) is 12.7. The molecule has 1 aliphatic heterocycles. The van der Waals surface area contributed by atoms with Gasteiger partial charge in [-0.2, -0.15) is 4.31 Å². The van der Waals surface area contributed by atoms with Crippen molar-refractivity contribution < 1.29 is 23.1 Å². The van der Waals surface area contributed by atoms with Crippen LogP contribution in [0.5, 0.6) is 5.75 Å². The standard InChI is InChI=1S/C24H34N2O5S/c1-31-20-2-4-21(5-3-20)32(29,30)26-8-6-19(7-9-26)25-22(27)15-23-11-17-10-18(12-23)14-24(28,13-17)16-23/h2-5,17-19,28H,6-16H2,1H3,(H,25,27). The number of nitrogens with one attached hydrogen (secondary N) is 1. The molecule has 0 aromatic heterocycles. The molecule has 4 aliphatic carbocycles. The molecule has 176 valence electrons. The van der Waals surface area contributed by atoms with Gasteiger partial charge in [0, 0.05) is 25.6 Å². The highest BCUT2D eigenvalue weighted by atomic mass is 32.2. The molecule has 1 aromatic carbocycles. The average molecular weight is 463 g/mol. The number of carbonyl (C=O) groups excluding carboxylic acids is 1. The topological polar surface area (TPSA) is 95.9 Å². The van der Waals surface area contributed by atoms with Gasteiger partial charge in [-0.3, -0.25) is 4.79 Å². The lowest BCUT2D eigenvalue weighted by Gasteiger charge is -2.60. The molecule has 1 amide bonds. The Morgan fingerprint density at radius 3 is 2.31 bits per heavy atom. The maximum absolute atomic E-state index is 12.9. The van der Waals surface area contributed by atoms with Crippen LogP contribution in [0.25, 0.3) is 0 Å². The zero-order chi connectivity index (χ0) is 22.6. The van der Waals surface area contributed by atoms with Crippen molar-refractivity contribution in [1.82, 2.24) is 9.62 Å². The minimum atomic E-state index is -3.54. The van der Waals surface area contributed by atoms with Gasteiger partial charge in [-0.1, -0.05) is 0 Å². The highest BCUT2D eigenvalue weighted by Gasteiger charge is 2.57. The minimum Gasteiger partial charge on any atom is -0.497 e. The molecule has 0 radical (unpaired) electrons. The Bertz CT molecular complexity index is 955. The van der Waals surface area contributed by atoms with Crippen LogP contribution >= 0.6 is 0 Å². The molecule has 5 fully saturated rings. The van der Waals surface area contributed by atoms with Crippen molar-refractivity contribution in [2.24, 2.45) is 17.3 Å². The number of amides is 1. The molecular weight excluding hydrogens is 428 g/mol. The summed E-state index contributed by atoms with van der Waals surface area (Å²) in [5.74, 6) is 1.82. The van der Waals surface area contributed by atoms with Crippen molar-refractivity contribution in [2.45, 2.75) is 74.3 Å². The molecular formula is C24H34N2O5S. The van der Waals surface area contributed by atoms with E-state index in [9.17, 15) is 18.3 Å². The van der Waals surface area contributed by atoms with Gasteiger partial charge in [0.1, 0.15) is 5.75 Å². The largest absolute Gasteiger partial charge is 0.497 e. The second-order valence-electron chi connectivity index (χ2n) is 10.8. The molecule has 2 N–H and O–H groups in total. The van der Waals surface area contributed by atoms with Crippen LogP contribution in [0.3, 0.4) is 0 Å². The van der Waals surface area contributed by atoms with Gasteiger partial charge in [-0.25, -0.2) is 8.42 Å². The third kappa shape index (κ3) is 4.17. The van der Waals surface area contributed by atoms with Crippen molar-refractivity contribution in [2.75, 3.05) is 20.2 Å². The summed E-state index contributed by atoms with van der Waals surface area (Å²) in [6.45, 7) is 0.794. The van der Waals surface area contributed by atoms with Crippen LogP contribution in [0, 0.1) is 17.3 Å². The highest BCUT2D eigenvalue weighted by molar-refractivity contribution is 7.89. The van der Waals surface area contributed by atoms with Crippen LogP contribution in [0.4, 0.5) is 0 Å². The molecule has 8 heteroatoms. The monoisotopic (exact) mass is 462 g/mol. The minimum absolute atomic E-state index is 0.00168. The number of nitrogens with zero attached hydrogens (tertiary/aromatic N) is 1. The number of hydrogen-bond donors (Lipinski definition) is 2. The Morgan fingerprint density at radius 2 is 1.75 bits per heavy atom. The molecule has 2 unspecified atom stereocenters. The number of methoxy groups -OCH3 is 1. The maximum Gasteiger partial charge on any atom is 0.243 e. The first kappa shape index (κ1) is 22.2. The lowest BCUT2D eigenvalue weighted by atomic mass is 9.47. The normalized spacial score (nSPS) is 35.1. The number of benzene rings is 1. The summed E-state index contributed by atoms with van der Waals surface area (Å²) in [5, 5.41) is 14.1. The van der Waals surface area contributed by atoms with Crippen LogP contribution in [0.1, 0.15) is 57.8 Å². The Morgan fingerprint density at radius 1 is 1.12 bits per heavy atom. The highest BCUT2D eigenvalue weighted by Crippen LogP contribution is 2.62. The number of carbonyl (C=O) groups is 1. The summed E-state index contributed by atoms with van der Waals surface area (Å²) in [7, 11) is -2.00. The predicted octanol–water partition coefficient (Wildman–Crippen LogP) is 2.69. The van der Waals surface area contributed by atoms with E-state index >= 15 is 0 Å².